The van der Waals surface area contributed by atoms with Crippen LogP contribution in [0.25, 0.3) is 0 Å². The molecule has 2 rings (SSSR count). The van der Waals surface area contributed by atoms with Crippen LogP contribution in [0.5, 0.6) is 0 Å². The highest BCUT2D eigenvalue weighted by Crippen LogP contribution is 2.28. The van der Waals surface area contributed by atoms with Crippen molar-refractivity contribution in [3.05, 3.63) is 29.8 Å². The SMILES string of the molecule is COC(=O)NC(=O)[C@H](C)N1CCCc2ccccc21. The molecule has 0 bridgehead atoms. The van der Waals surface area contributed by atoms with Crippen LogP contribution in [0.2, 0.25) is 0 Å². The molecule has 0 fully saturated rings. The Balaban J connectivity index is 2.14. The summed E-state index contributed by atoms with van der Waals surface area (Å²) >= 11 is 0. The number of para-hydroxylation sites is 1. The number of imide groups is 1. The number of nitrogens with one attached hydrogen (secondary N) is 1. The predicted molar refractivity (Wildman–Crippen MR) is 72.1 cm³/mol. The Bertz CT molecular complexity index is 487. The van der Waals surface area contributed by atoms with E-state index in [2.05, 4.69) is 16.1 Å². The number of anilines is 1. The number of fused-ring (bicyclic) bond motifs is 1. The van der Waals surface area contributed by atoms with Crippen molar-refractivity contribution in [3.8, 4) is 0 Å². The van der Waals surface area contributed by atoms with Crippen molar-refractivity contribution >= 4 is 17.7 Å². The van der Waals surface area contributed by atoms with Gasteiger partial charge in [0.25, 0.3) is 5.91 Å². The first-order valence-electron chi connectivity index (χ1n) is 6.37. The second kappa shape index (κ2) is 5.73. The highest BCUT2D eigenvalue weighted by molar-refractivity contribution is 5.96. The van der Waals surface area contributed by atoms with Crippen LogP contribution in [-0.4, -0.2) is 31.7 Å². The molecule has 0 unspecified atom stereocenters. The Kier molecular flexibility index (Phi) is 4.04. The minimum Gasteiger partial charge on any atom is -0.453 e. The monoisotopic (exact) mass is 262 g/mol. The first kappa shape index (κ1) is 13.4. The summed E-state index contributed by atoms with van der Waals surface area (Å²) in [7, 11) is 1.24. The number of aryl methyl sites for hydroxylation is 1. The summed E-state index contributed by atoms with van der Waals surface area (Å²) in [5.74, 6) is -0.344. The van der Waals surface area contributed by atoms with E-state index in [9.17, 15) is 9.59 Å². The average Bonchev–Trinajstić information content (AvgIpc) is 2.45. The number of hydrogen-bond donors (Lipinski definition) is 1. The molecule has 5 heteroatoms. The number of alkyl carbamates (subject to hydrolysis) is 1. The van der Waals surface area contributed by atoms with Gasteiger partial charge < -0.3 is 9.64 Å². The third kappa shape index (κ3) is 2.86. The first-order valence-corrected chi connectivity index (χ1v) is 6.37. The minimum atomic E-state index is -0.720. The van der Waals surface area contributed by atoms with Gasteiger partial charge in [0.2, 0.25) is 0 Å². The van der Waals surface area contributed by atoms with Crippen LogP contribution in [-0.2, 0) is 16.0 Å². The Labute approximate surface area is 112 Å². The maximum atomic E-state index is 12.0. The van der Waals surface area contributed by atoms with E-state index < -0.39 is 12.1 Å². The number of ether oxygens (including phenoxy) is 1. The Morgan fingerprint density at radius 2 is 2.11 bits per heavy atom. The van der Waals surface area contributed by atoms with Gasteiger partial charge in [-0.15, -0.1) is 0 Å². The fourth-order valence-corrected chi connectivity index (χ4v) is 2.36. The van der Waals surface area contributed by atoms with Crippen LogP contribution in [0.4, 0.5) is 10.5 Å². The van der Waals surface area contributed by atoms with Crippen LogP contribution in [0.1, 0.15) is 18.9 Å². The molecular weight excluding hydrogens is 244 g/mol. The molecule has 1 aliphatic heterocycles. The van der Waals surface area contributed by atoms with Crippen molar-refractivity contribution in [1.29, 1.82) is 0 Å². The number of nitrogens with zero attached hydrogens (tertiary/aromatic N) is 1. The summed E-state index contributed by atoms with van der Waals surface area (Å²) < 4.78 is 4.44. The van der Waals surface area contributed by atoms with Gasteiger partial charge in [-0.1, -0.05) is 18.2 Å². The third-order valence-electron chi connectivity index (χ3n) is 3.40. The summed E-state index contributed by atoms with van der Waals surface area (Å²) in [6, 6.07) is 7.65. The Morgan fingerprint density at radius 3 is 2.84 bits per heavy atom. The summed E-state index contributed by atoms with van der Waals surface area (Å²) in [6.45, 7) is 2.60. The molecule has 1 aromatic rings. The van der Waals surface area contributed by atoms with E-state index >= 15 is 0 Å². The molecule has 1 N–H and O–H groups in total. The molecule has 0 saturated carbocycles. The normalized spacial score (nSPS) is 15.4. The van der Waals surface area contributed by atoms with E-state index in [1.807, 2.05) is 23.1 Å². The van der Waals surface area contributed by atoms with E-state index in [0.29, 0.717) is 0 Å². The minimum absolute atomic E-state index is 0.344. The van der Waals surface area contributed by atoms with Gasteiger partial charge in [-0.05, 0) is 31.4 Å². The standard InChI is InChI=1S/C14H18N2O3/c1-10(13(17)15-14(18)19-2)16-9-5-7-11-6-3-4-8-12(11)16/h3-4,6,8,10H,5,7,9H2,1-2H3,(H,15,17,18)/t10-/m0/s1. The van der Waals surface area contributed by atoms with Gasteiger partial charge in [-0.3, -0.25) is 10.1 Å². The highest BCUT2D eigenvalue weighted by Gasteiger charge is 2.26. The van der Waals surface area contributed by atoms with Crippen molar-refractivity contribution < 1.29 is 14.3 Å². The lowest BCUT2D eigenvalue weighted by Crippen LogP contribution is -2.48. The highest BCUT2D eigenvalue weighted by atomic mass is 16.5. The lowest BCUT2D eigenvalue weighted by molar-refractivity contribution is -0.121. The van der Waals surface area contributed by atoms with Crippen molar-refractivity contribution in [1.82, 2.24) is 5.32 Å². The molecule has 0 spiro atoms. The smallest absolute Gasteiger partial charge is 0.413 e. The van der Waals surface area contributed by atoms with E-state index in [0.717, 1.165) is 25.1 Å². The molecule has 102 valence electrons. The van der Waals surface area contributed by atoms with Gasteiger partial charge >= 0.3 is 6.09 Å². The molecule has 0 radical (unpaired) electrons. The molecule has 5 nitrogen and oxygen atoms in total. The van der Waals surface area contributed by atoms with Crippen molar-refractivity contribution in [2.45, 2.75) is 25.8 Å². The Hall–Kier alpha value is -2.04. The number of hydrogen-bond acceptors (Lipinski definition) is 4. The van der Waals surface area contributed by atoms with E-state index in [1.165, 1.54) is 12.7 Å². The summed E-state index contributed by atoms with van der Waals surface area (Å²) in [6.07, 6.45) is 1.31. The van der Waals surface area contributed by atoms with Gasteiger partial charge in [0, 0.05) is 12.2 Å². The van der Waals surface area contributed by atoms with Crippen LogP contribution >= 0.6 is 0 Å². The quantitative estimate of drug-likeness (QED) is 0.881. The number of rotatable bonds is 2. The van der Waals surface area contributed by atoms with E-state index in [1.54, 1.807) is 6.92 Å². The Morgan fingerprint density at radius 1 is 1.37 bits per heavy atom. The van der Waals surface area contributed by atoms with Crippen molar-refractivity contribution in [3.63, 3.8) is 0 Å². The predicted octanol–water partition coefficient (Wildman–Crippen LogP) is 1.71. The zero-order chi connectivity index (χ0) is 13.8. The average molecular weight is 262 g/mol. The van der Waals surface area contributed by atoms with Gasteiger partial charge in [0.05, 0.1) is 7.11 Å². The second-order valence-electron chi connectivity index (χ2n) is 4.58. The molecular formula is C14H18N2O3. The van der Waals surface area contributed by atoms with Crippen molar-refractivity contribution in [2.75, 3.05) is 18.6 Å². The first-order chi connectivity index (χ1) is 9.13. The molecule has 0 saturated heterocycles. The van der Waals surface area contributed by atoms with Crippen LogP contribution in [0.15, 0.2) is 24.3 Å². The third-order valence-corrected chi connectivity index (χ3v) is 3.40. The molecule has 1 atom stereocenters. The number of benzene rings is 1. The number of methoxy groups -OCH3 is 1. The summed E-state index contributed by atoms with van der Waals surface area (Å²) in [5, 5.41) is 2.22. The zero-order valence-corrected chi connectivity index (χ0v) is 11.2. The maximum Gasteiger partial charge on any atom is 0.413 e. The zero-order valence-electron chi connectivity index (χ0n) is 11.2. The van der Waals surface area contributed by atoms with Crippen LogP contribution in [0, 0.1) is 0 Å². The molecule has 1 heterocycles. The molecule has 1 aliphatic rings. The van der Waals surface area contributed by atoms with Crippen LogP contribution < -0.4 is 10.2 Å². The van der Waals surface area contributed by atoms with Crippen molar-refractivity contribution in [2.24, 2.45) is 0 Å². The number of amides is 2. The lowest BCUT2D eigenvalue weighted by Gasteiger charge is -2.35. The molecule has 1 aromatic carbocycles. The molecule has 0 aliphatic carbocycles. The van der Waals surface area contributed by atoms with Gasteiger partial charge in [-0.2, -0.15) is 0 Å². The fraction of sp³-hybridized carbons (Fsp3) is 0.429. The maximum absolute atomic E-state index is 12.0. The largest absolute Gasteiger partial charge is 0.453 e. The molecule has 0 aromatic heterocycles. The second-order valence-corrected chi connectivity index (χ2v) is 4.58. The number of carbonyl (C=O) groups excluding carboxylic acids is 2. The van der Waals surface area contributed by atoms with Gasteiger partial charge in [0.1, 0.15) is 6.04 Å². The number of carbonyl (C=O) groups is 2. The van der Waals surface area contributed by atoms with Crippen LogP contribution in [0.3, 0.4) is 0 Å². The molecule has 19 heavy (non-hydrogen) atoms. The van der Waals surface area contributed by atoms with E-state index in [4.69, 9.17) is 0 Å². The summed E-state index contributed by atoms with van der Waals surface area (Å²) in [5.41, 5.74) is 2.31. The van der Waals surface area contributed by atoms with Gasteiger partial charge in [-0.25, -0.2) is 4.79 Å². The van der Waals surface area contributed by atoms with E-state index in [-0.39, 0.29) is 5.91 Å². The van der Waals surface area contributed by atoms with Gasteiger partial charge in [0.15, 0.2) is 0 Å². The molecule has 2 amide bonds. The summed E-state index contributed by atoms with van der Waals surface area (Å²) in [4.78, 5) is 25.1. The topological polar surface area (TPSA) is 58.6 Å². The lowest BCUT2D eigenvalue weighted by atomic mass is 10.00. The fourth-order valence-electron chi connectivity index (χ4n) is 2.36.